The molecule has 1 heterocycles. The van der Waals surface area contributed by atoms with Crippen LogP contribution < -0.4 is 0 Å². The second-order valence-electron chi connectivity index (χ2n) is 10.8. The Morgan fingerprint density at radius 1 is 1.00 bits per heavy atom. The Kier molecular flexibility index (Phi) is 12.5. The Morgan fingerprint density at radius 2 is 1.76 bits per heavy atom. The largest absolute Gasteiger partial charge is 0.481 e. The molecule has 4 rings (SSSR count). The van der Waals surface area contributed by atoms with Crippen LogP contribution in [0.5, 0.6) is 0 Å². The molecule has 0 bridgehead atoms. The number of carbonyl (C=O) groups is 1. The van der Waals surface area contributed by atoms with E-state index in [1.807, 2.05) is 69.3 Å². The summed E-state index contributed by atoms with van der Waals surface area (Å²) in [4.78, 5) is 14.8. The minimum Gasteiger partial charge on any atom is -0.481 e. The predicted octanol–water partition coefficient (Wildman–Crippen LogP) is 8.88. The number of thiol groups is 1. The van der Waals surface area contributed by atoms with Gasteiger partial charge in [0.25, 0.3) is 0 Å². The average Bonchev–Trinajstić information content (AvgIpc) is 2.95. The quantitative estimate of drug-likeness (QED) is 0.153. The summed E-state index contributed by atoms with van der Waals surface area (Å²) >= 11 is 10.1. The minimum absolute atomic E-state index is 0.242. The van der Waals surface area contributed by atoms with E-state index in [1.165, 1.54) is 11.1 Å². The van der Waals surface area contributed by atoms with E-state index >= 15 is 0 Å². The van der Waals surface area contributed by atoms with Crippen LogP contribution in [0.4, 0.5) is 0 Å². The zero-order valence-electron chi connectivity index (χ0n) is 24.1. The van der Waals surface area contributed by atoms with Crippen molar-refractivity contribution < 1.29 is 15.0 Å². The van der Waals surface area contributed by atoms with Crippen LogP contribution in [0.15, 0.2) is 78.9 Å². The van der Waals surface area contributed by atoms with Crippen molar-refractivity contribution >= 4 is 53.3 Å². The molecule has 4 aromatic rings. The summed E-state index contributed by atoms with van der Waals surface area (Å²) in [6, 6.07) is 26.7. The average molecular weight is 590 g/mol. The van der Waals surface area contributed by atoms with Gasteiger partial charge in [0.1, 0.15) is 0 Å². The van der Waals surface area contributed by atoms with E-state index in [2.05, 4.69) is 55.1 Å². The lowest BCUT2D eigenvalue weighted by atomic mass is 9.90. The van der Waals surface area contributed by atoms with Gasteiger partial charge in [-0.15, -0.1) is 0 Å². The van der Waals surface area contributed by atoms with Crippen LogP contribution in [0.3, 0.4) is 0 Å². The number of hydrogen-bond donors (Lipinski definition) is 3. The van der Waals surface area contributed by atoms with Crippen LogP contribution in [0.25, 0.3) is 23.1 Å². The molecule has 216 valence electrons. The van der Waals surface area contributed by atoms with Gasteiger partial charge in [-0.25, -0.2) is 4.98 Å². The van der Waals surface area contributed by atoms with Crippen molar-refractivity contribution in [3.05, 3.63) is 112 Å². The van der Waals surface area contributed by atoms with Crippen molar-refractivity contribution in [3.63, 3.8) is 0 Å². The number of carboxylic acids is 1. The zero-order valence-corrected chi connectivity index (χ0v) is 25.7. The molecule has 0 fully saturated rings. The Hall–Kier alpha value is -3.12. The second kappa shape index (κ2) is 15.8. The number of benzene rings is 3. The standard InChI is InChI=1S/C29H28ClNO.C6H12O2S/c1-29(2,32)27-12-4-3-10-23(27)11-6-9-21-7-5-8-22(19-21)13-17-26-18-15-24-14-16-25(30)20-28(24)31-26;1-2-5(4-9)3-6(7)8/h3-5,7-8,10,12-20,32H,6,9,11H2,1-2H3;5,9H,2-4H2,1H3,(H,7,8)/b17-13+;. The Bertz CT molecular complexity index is 1460. The SMILES string of the molecule is CC(C)(O)c1ccccc1CCCc1cccc(/C=C/c2ccc3ccc(Cl)cc3n2)c1.CCC(CS)CC(=O)O. The Balaban J connectivity index is 0.000000445. The fraction of sp³-hybridized carbons (Fsp3) is 0.314. The highest BCUT2D eigenvalue weighted by Gasteiger charge is 2.18. The van der Waals surface area contributed by atoms with E-state index in [4.69, 9.17) is 21.7 Å². The number of aliphatic carboxylic acids is 1. The van der Waals surface area contributed by atoms with Gasteiger partial charge in [-0.3, -0.25) is 4.79 Å². The highest BCUT2D eigenvalue weighted by molar-refractivity contribution is 7.80. The van der Waals surface area contributed by atoms with E-state index in [0.717, 1.165) is 53.4 Å². The van der Waals surface area contributed by atoms with Crippen molar-refractivity contribution in [2.75, 3.05) is 5.75 Å². The Labute approximate surface area is 254 Å². The summed E-state index contributed by atoms with van der Waals surface area (Å²) in [5.74, 6) is 0.185. The van der Waals surface area contributed by atoms with Gasteiger partial charge in [0.05, 0.1) is 16.8 Å². The minimum atomic E-state index is -0.816. The van der Waals surface area contributed by atoms with Crippen molar-refractivity contribution in [3.8, 4) is 0 Å². The van der Waals surface area contributed by atoms with Gasteiger partial charge < -0.3 is 10.2 Å². The topological polar surface area (TPSA) is 70.4 Å². The number of rotatable bonds is 11. The molecule has 0 saturated carbocycles. The van der Waals surface area contributed by atoms with E-state index < -0.39 is 11.6 Å². The monoisotopic (exact) mass is 589 g/mol. The molecule has 2 N–H and O–H groups in total. The number of aromatic nitrogens is 1. The summed E-state index contributed by atoms with van der Waals surface area (Å²) in [6.45, 7) is 5.67. The summed E-state index contributed by atoms with van der Waals surface area (Å²) in [5.41, 5.74) is 5.70. The highest BCUT2D eigenvalue weighted by Crippen LogP contribution is 2.25. The number of hydrogen-bond acceptors (Lipinski definition) is 4. The van der Waals surface area contributed by atoms with Gasteiger partial charge in [0, 0.05) is 16.8 Å². The van der Waals surface area contributed by atoms with E-state index in [-0.39, 0.29) is 12.3 Å². The molecule has 6 heteroatoms. The third kappa shape index (κ3) is 10.7. The molecule has 1 aromatic heterocycles. The van der Waals surface area contributed by atoms with Crippen LogP contribution in [0, 0.1) is 5.92 Å². The van der Waals surface area contributed by atoms with Gasteiger partial charge in [-0.2, -0.15) is 12.6 Å². The van der Waals surface area contributed by atoms with Gasteiger partial charge in [-0.1, -0.05) is 91.7 Å². The first-order chi connectivity index (χ1) is 19.6. The van der Waals surface area contributed by atoms with Gasteiger partial charge in [0.2, 0.25) is 0 Å². The predicted molar refractivity (Wildman–Crippen MR) is 176 cm³/mol. The Morgan fingerprint density at radius 3 is 2.44 bits per heavy atom. The highest BCUT2D eigenvalue weighted by atomic mass is 35.5. The number of halogens is 1. The first-order valence-electron chi connectivity index (χ1n) is 14.1. The molecule has 0 aliphatic rings. The molecule has 1 unspecified atom stereocenters. The number of fused-ring (bicyclic) bond motifs is 1. The summed E-state index contributed by atoms with van der Waals surface area (Å²) in [6.07, 6.45) is 8.27. The van der Waals surface area contributed by atoms with Crippen molar-refractivity contribution in [2.45, 2.75) is 58.5 Å². The fourth-order valence-electron chi connectivity index (χ4n) is 4.64. The lowest BCUT2D eigenvalue weighted by Gasteiger charge is -2.21. The molecular formula is C35H40ClNO3S. The molecule has 0 aliphatic carbocycles. The zero-order chi connectivity index (χ0) is 29.8. The van der Waals surface area contributed by atoms with Crippen LogP contribution in [0.1, 0.15) is 68.0 Å². The maximum Gasteiger partial charge on any atom is 0.303 e. The van der Waals surface area contributed by atoms with Crippen molar-refractivity contribution in [1.29, 1.82) is 0 Å². The van der Waals surface area contributed by atoms with Crippen LogP contribution >= 0.6 is 24.2 Å². The number of aryl methyl sites for hydroxylation is 2. The van der Waals surface area contributed by atoms with Crippen molar-refractivity contribution in [1.82, 2.24) is 4.98 Å². The lowest BCUT2D eigenvalue weighted by molar-refractivity contribution is -0.137. The van der Waals surface area contributed by atoms with Crippen LogP contribution in [-0.2, 0) is 23.2 Å². The van der Waals surface area contributed by atoms with Gasteiger partial charge in [-0.05, 0) is 91.3 Å². The first kappa shape index (κ1) is 32.4. The third-order valence-corrected chi connectivity index (χ3v) is 7.71. The first-order valence-corrected chi connectivity index (χ1v) is 15.1. The molecule has 3 aromatic carbocycles. The lowest BCUT2D eigenvalue weighted by Crippen LogP contribution is -2.18. The number of nitrogens with zero attached hydrogens (tertiary/aromatic N) is 1. The fourth-order valence-corrected chi connectivity index (χ4v) is 5.19. The summed E-state index contributed by atoms with van der Waals surface area (Å²) < 4.78 is 0. The molecule has 0 saturated heterocycles. The smallest absolute Gasteiger partial charge is 0.303 e. The second-order valence-corrected chi connectivity index (χ2v) is 11.6. The molecule has 41 heavy (non-hydrogen) atoms. The molecule has 4 nitrogen and oxygen atoms in total. The molecule has 0 aliphatic heterocycles. The van der Waals surface area contributed by atoms with E-state index in [9.17, 15) is 9.90 Å². The number of aliphatic hydroxyl groups is 1. The number of carboxylic acid groups (broad SMARTS) is 1. The summed E-state index contributed by atoms with van der Waals surface area (Å²) in [7, 11) is 0. The van der Waals surface area contributed by atoms with E-state index in [0.29, 0.717) is 10.8 Å². The maximum absolute atomic E-state index is 10.4. The van der Waals surface area contributed by atoms with E-state index in [1.54, 1.807) is 0 Å². The van der Waals surface area contributed by atoms with Crippen LogP contribution in [0.2, 0.25) is 5.02 Å². The third-order valence-electron chi connectivity index (χ3n) is 6.96. The molecule has 0 radical (unpaired) electrons. The molecule has 0 spiro atoms. The number of pyridine rings is 1. The normalized spacial score (nSPS) is 12.2. The summed E-state index contributed by atoms with van der Waals surface area (Å²) in [5, 5.41) is 20.5. The van der Waals surface area contributed by atoms with Gasteiger partial charge >= 0.3 is 5.97 Å². The van der Waals surface area contributed by atoms with Crippen molar-refractivity contribution in [2.24, 2.45) is 5.92 Å². The molecule has 0 amide bonds. The molecular weight excluding hydrogens is 550 g/mol. The van der Waals surface area contributed by atoms with Gasteiger partial charge in [0.15, 0.2) is 0 Å². The molecule has 1 atom stereocenters. The maximum atomic E-state index is 10.4. The van der Waals surface area contributed by atoms with Crippen LogP contribution in [-0.4, -0.2) is 26.9 Å².